The van der Waals surface area contributed by atoms with E-state index in [-0.39, 0.29) is 5.63 Å². The first-order valence-corrected chi connectivity index (χ1v) is 8.56. The van der Waals surface area contributed by atoms with Crippen LogP contribution in [0.25, 0.3) is 11.0 Å². The summed E-state index contributed by atoms with van der Waals surface area (Å²) >= 11 is 0. The molecule has 132 valence electrons. The molecule has 2 aromatic rings. The molecule has 2 saturated heterocycles. The third-order valence-corrected chi connectivity index (χ3v) is 5.17. The van der Waals surface area contributed by atoms with Gasteiger partial charge in [0.05, 0.1) is 0 Å². The number of fused-ring (bicyclic) bond motifs is 1. The fourth-order valence-corrected chi connectivity index (χ4v) is 3.84. The summed E-state index contributed by atoms with van der Waals surface area (Å²) in [5, 5.41) is 0.994. The maximum atomic E-state index is 12.0. The lowest BCUT2D eigenvalue weighted by molar-refractivity contribution is -0.00156. The summed E-state index contributed by atoms with van der Waals surface area (Å²) in [5.74, 6) is 0. The smallest absolute Gasteiger partial charge is 0.430 e. The van der Waals surface area contributed by atoms with Crippen LogP contribution in [-0.2, 0) is 16.0 Å². The van der Waals surface area contributed by atoms with Gasteiger partial charge in [0.25, 0.3) is 0 Å². The number of nitrogens with zero attached hydrogens (tertiary/aromatic N) is 1. The van der Waals surface area contributed by atoms with Gasteiger partial charge < -0.3 is 13.9 Å². The van der Waals surface area contributed by atoms with Crippen molar-refractivity contribution in [2.45, 2.75) is 38.8 Å². The normalized spacial score (nSPS) is 20.0. The van der Waals surface area contributed by atoms with Crippen molar-refractivity contribution in [3.63, 3.8) is 0 Å². The molecule has 2 fully saturated rings. The number of piperidine rings is 1. The minimum atomic E-state index is -0.564. The van der Waals surface area contributed by atoms with Gasteiger partial charge in [-0.1, -0.05) is 6.07 Å². The Labute approximate surface area is 145 Å². The van der Waals surface area contributed by atoms with E-state index in [9.17, 15) is 9.59 Å². The lowest BCUT2D eigenvalue weighted by atomic mass is 9.92. The van der Waals surface area contributed by atoms with Crippen LogP contribution >= 0.6 is 0 Å². The van der Waals surface area contributed by atoms with Crippen LogP contribution in [0, 0.1) is 13.8 Å². The van der Waals surface area contributed by atoms with Crippen LogP contribution in [0.2, 0.25) is 0 Å². The van der Waals surface area contributed by atoms with Crippen LogP contribution < -0.4 is 5.63 Å². The topological polar surface area (TPSA) is 69.0 Å². The van der Waals surface area contributed by atoms with Gasteiger partial charge in [-0.25, -0.2) is 9.59 Å². The van der Waals surface area contributed by atoms with Gasteiger partial charge in [-0.15, -0.1) is 0 Å². The highest BCUT2D eigenvalue weighted by Gasteiger charge is 2.44. The summed E-state index contributed by atoms with van der Waals surface area (Å²) in [5.41, 5.74) is 2.99. The molecule has 0 atom stereocenters. The summed E-state index contributed by atoms with van der Waals surface area (Å²) in [6.45, 7) is 6.61. The predicted octanol–water partition coefficient (Wildman–Crippen LogP) is 2.91. The number of benzene rings is 1. The van der Waals surface area contributed by atoms with Crippen LogP contribution in [0.1, 0.15) is 29.5 Å². The highest BCUT2D eigenvalue weighted by atomic mass is 16.8. The molecule has 25 heavy (non-hydrogen) atoms. The Kier molecular flexibility index (Phi) is 3.80. The first kappa shape index (κ1) is 16.1. The average molecular weight is 343 g/mol. The Morgan fingerprint density at radius 1 is 1.12 bits per heavy atom. The Bertz CT molecular complexity index is 893. The second-order valence-corrected chi connectivity index (χ2v) is 7.15. The van der Waals surface area contributed by atoms with E-state index >= 15 is 0 Å². The lowest BCUT2D eigenvalue weighted by Crippen LogP contribution is -2.45. The monoisotopic (exact) mass is 343 g/mol. The molecule has 6 heteroatoms. The third kappa shape index (κ3) is 3.02. The van der Waals surface area contributed by atoms with E-state index in [4.69, 9.17) is 13.9 Å². The number of rotatable bonds is 2. The summed E-state index contributed by atoms with van der Waals surface area (Å²) in [7, 11) is 0. The molecule has 0 amide bonds. The third-order valence-electron chi connectivity index (χ3n) is 5.17. The zero-order valence-electron chi connectivity index (χ0n) is 14.5. The molecule has 2 aliphatic rings. The number of hydrogen-bond acceptors (Lipinski definition) is 6. The summed E-state index contributed by atoms with van der Waals surface area (Å²) in [6.07, 6.45) is 0.929. The highest BCUT2D eigenvalue weighted by Crippen LogP contribution is 2.32. The van der Waals surface area contributed by atoms with Gasteiger partial charge in [0.1, 0.15) is 12.2 Å². The van der Waals surface area contributed by atoms with Crippen LogP contribution in [-0.4, -0.2) is 36.4 Å². The molecule has 0 N–H and O–H groups in total. The zero-order valence-corrected chi connectivity index (χ0v) is 14.5. The predicted molar refractivity (Wildman–Crippen MR) is 91.6 cm³/mol. The van der Waals surface area contributed by atoms with Crippen LogP contribution in [0.4, 0.5) is 4.79 Å². The van der Waals surface area contributed by atoms with E-state index in [1.807, 2.05) is 19.9 Å². The van der Waals surface area contributed by atoms with Crippen molar-refractivity contribution in [3.05, 3.63) is 45.3 Å². The Morgan fingerprint density at radius 3 is 2.56 bits per heavy atom. The molecule has 1 aromatic carbocycles. The molecule has 0 aliphatic carbocycles. The molecule has 0 saturated carbocycles. The molecule has 1 spiro atoms. The van der Waals surface area contributed by atoms with E-state index in [1.54, 1.807) is 6.07 Å². The Morgan fingerprint density at radius 2 is 1.88 bits per heavy atom. The Balaban J connectivity index is 1.57. The van der Waals surface area contributed by atoms with Crippen molar-refractivity contribution in [1.82, 2.24) is 4.90 Å². The molecule has 0 radical (unpaired) electrons. The maximum absolute atomic E-state index is 12.0. The fraction of sp³-hybridized carbons (Fsp3) is 0.474. The van der Waals surface area contributed by atoms with Crippen molar-refractivity contribution in [2.24, 2.45) is 0 Å². The van der Waals surface area contributed by atoms with Gasteiger partial charge in [0.2, 0.25) is 0 Å². The van der Waals surface area contributed by atoms with Crippen molar-refractivity contribution in [1.29, 1.82) is 0 Å². The second kappa shape index (κ2) is 5.88. The van der Waals surface area contributed by atoms with Gasteiger partial charge >= 0.3 is 11.8 Å². The van der Waals surface area contributed by atoms with E-state index in [0.29, 0.717) is 18.7 Å². The van der Waals surface area contributed by atoms with E-state index in [0.717, 1.165) is 48.0 Å². The largest absolute Gasteiger partial charge is 0.509 e. The molecule has 3 heterocycles. The van der Waals surface area contributed by atoms with E-state index in [2.05, 4.69) is 11.0 Å². The number of likely N-dealkylation sites (tertiary alicyclic amines) is 1. The van der Waals surface area contributed by atoms with E-state index < -0.39 is 11.8 Å². The molecule has 4 rings (SSSR count). The molecule has 6 nitrogen and oxygen atoms in total. The summed E-state index contributed by atoms with van der Waals surface area (Å²) in [4.78, 5) is 25.5. The minimum Gasteiger partial charge on any atom is -0.430 e. The van der Waals surface area contributed by atoms with Gasteiger partial charge in [0, 0.05) is 43.9 Å². The quantitative estimate of drug-likeness (QED) is 0.617. The number of hydrogen-bond donors (Lipinski definition) is 0. The first-order chi connectivity index (χ1) is 11.9. The molecular formula is C19H21NO5. The highest BCUT2D eigenvalue weighted by molar-refractivity contribution is 5.83. The summed E-state index contributed by atoms with van der Waals surface area (Å²) in [6, 6.07) is 5.68. The van der Waals surface area contributed by atoms with Gasteiger partial charge in [-0.3, -0.25) is 4.90 Å². The molecular weight excluding hydrogens is 322 g/mol. The van der Waals surface area contributed by atoms with Gasteiger partial charge in [-0.05, 0) is 36.6 Å². The van der Waals surface area contributed by atoms with Crippen molar-refractivity contribution in [3.8, 4) is 0 Å². The van der Waals surface area contributed by atoms with Gasteiger partial charge in [-0.2, -0.15) is 0 Å². The zero-order chi connectivity index (χ0) is 17.6. The summed E-state index contributed by atoms with van der Waals surface area (Å²) < 4.78 is 15.7. The first-order valence-electron chi connectivity index (χ1n) is 8.56. The minimum absolute atomic E-state index is 0.318. The Hall–Kier alpha value is -2.34. The van der Waals surface area contributed by atoms with E-state index in [1.165, 1.54) is 0 Å². The maximum Gasteiger partial charge on any atom is 0.509 e. The number of carbonyl (C=O) groups is 1. The average Bonchev–Trinajstić information content (AvgIpc) is 2.92. The van der Waals surface area contributed by atoms with Crippen molar-refractivity contribution in [2.75, 3.05) is 19.7 Å². The fourth-order valence-electron chi connectivity index (χ4n) is 3.84. The van der Waals surface area contributed by atoms with Crippen LogP contribution in [0.15, 0.2) is 27.4 Å². The van der Waals surface area contributed by atoms with Gasteiger partial charge in [0.15, 0.2) is 5.60 Å². The number of carbonyl (C=O) groups excluding carboxylic acids is 1. The SMILES string of the molecule is Cc1cc(C)c2oc(=O)cc(CN3CCC4(CC3)COC(=O)O4)c2c1. The number of ether oxygens (including phenoxy) is 2. The van der Waals surface area contributed by atoms with Crippen molar-refractivity contribution < 1.29 is 18.7 Å². The number of cyclic esters (lactones) is 1. The second-order valence-electron chi connectivity index (χ2n) is 7.15. The number of aryl methyl sites for hydroxylation is 2. The molecule has 0 bridgehead atoms. The van der Waals surface area contributed by atoms with Crippen molar-refractivity contribution >= 4 is 17.1 Å². The molecule has 2 aliphatic heterocycles. The molecule has 0 unspecified atom stereocenters. The molecule has 1 aromatic heterocycles. The standard InChI is InChI=1S/C19H21NO5/c1-12-7-13(2)17-15(8-12)14(9-16(21)24-17)10-20-5-3-19(4-6-20)11-23-18(22)25-19/h7-9H,3-6,10-11H2,1-2H3. The van der Waals surface area contributed by atoms with Crippen LogP contribution in [0.3, 0.4) is 0 Å². The van der Waals surface area contributed by atoms with Crippen LogP contribution in [0.5, 0.6) is 0 Å². The lowest BCUT2D eigenvalue weighted by Gasteiger charge is -2.36.